The Balaban J connectivity index is 0.000000313. The summed E-state index contributed by atoms with van der Waals surface area (Å²) in [4.78, 5) is 47.6. The van der Waals surface area contributed by atoms with E-state index in [1.807, 2.05) is 40.9 Å². The number of aromatic nitrogens is 4. The topological polar surface area (TPSA) is 144 Å². The number of carbonyl (C=O) groups is 3. The van der Waals surface area contributed by atoms with Crippen molar-refractivity contribution < 1.29 is 23.5 Å². The lowest BCUT2D eigenvalue weighted by molar-refractivity contribution is 0.0528. The van der Waals surface area contributed by atoms with E-state index in [-0.39, 0.29) is 36.8 Å². The Hall–Kier alpha value is -6.11. The van der Waals surface area contributed by atoms with Crippen molar-refractivity contribution in [2.24, 2.45) is 10.9 Å². The maximum absolute atomic E-state index is 13.2. The molecule has 0 saturated heterocycles. The number of ether oxygens (including phenoxy) is 1. The average molecular weight is 651 g/mol. The van der Waals surface area contributed by atoms with Gasteiger partial charge in [0.2, 0.25) is 5.91 Å². The highest BCUT2D eigenvalue weighted by Gasteiger charge is 2.17. The van der Waals surface area contributed by atoms with Crippen molar-refractivity contribution in [1.82, 2.24) is 29.6 Å². The maximum Gasteiger partial charge on any atom is 0.407 e. The van der Waals surface area contributed by atoms with E-state index in [4.69, 9.17) is 4.74 Å². The summed E-state index contributed by atoms with van der Waals surface area (Å²) in [5, 5.41) is 8.09. The van der Waals surface area contributed by atoms with Crippen LogP contribution in [0, 0.1) is 11.7 Å². The van der Waals surface area contributed by atoms with Crippen LogP contribution in [0.3, 0.4) is 0 Å². The number of amides is 3. The van der Waals surface area contributed by atoms with E-state index in [9.17, 15) is 18.8 Å². The van der Waals surface area contributed by atoms with Crippen molar-refractivity contribution in [3.8, 4) is 22.4 Å². The zero-order valence-corrected chi connectivity index (χ0v) is 26.6. The van der Waals surface area contributed by atoms with E-state index < -0.39 is 11.7 Å². The molecule has 6 rings (SSSR count). The fourth-order valence-electron chi connectivity index (χ4n) is 4.64. The number of nitrogens with zero attached hydrogens (tertiary/aromatic N) is 5. The number of hydrogen-bond donors (Lipinski definition) is 3. The third kappa shape index (κ3) is 9.00. The lowest BCUT2D eigenvalue weighted by atomic mass is 10.1. The summed E-state index contributed by atoms with van der Waals surface area (Å²) in [6.07, 6.45) is 12.8. The fourth-order valence-corrected chi connectivity index (χ4v) is 4.64. The van der Waals surface area contributed by atoms with E-state index in [1.165, 1.54) is 23.0 Å². The van der Waals surface area contributed by atoms with Gasteiger partial charge in [-0.1, -0.05) is 24.3 Å². The van der Waals surface area contributed by atoms with E-state index >= 15 is 0 Å². The molecule has 0 saturated carbocycles. The van der Waals surface area contributed by atoms with Crippen LogP contribution < -0.4 is 16.0 Å². The van der Waals surface area contributed by atoms with Crippen LogP contribution in [-0.4, -0.2) is 61.9 Å². The van der Waals surface area contributed by atoms with E-state index in [0.29, 0.717) is 5.69 Å². The summed E-state index contributed by atoms with van der Waals surface area (Å²) >= 11 is 0. The molecule has 13 heteroatoms. The van der Waals surface area contributed by atoms with Gasteiger partial charge in [-0.3, -0.25) is 18.8 Å². The highest BCUT2D eigenvalue weighted by molar-refractivity contribution is 5.98. The number of allylic oxidation sites excluding steroid dienone is 1. The minimum Gasteiger partial charge on any atom is -0.444 e. The summed E-state index contributed by atoms with van der Waals surface area (Å²) in [6, 6.07) is 17.3. The van der Waals surface area contributed by atoms with Gasteiger partial charge in [-0.25, -0.2) is 23.9 Å². The van der Waals surface area contributed by atoms with Gasteiger partial charge in [0.25, 0.3) is 0 Å². The number of fused-ring (bicyclic) bond motifs is 1. The zero-order valence-electron chi connectivity index (χ0n) is 26.6. The standard InChI is InChI=1S/C27H28FN5O3.C8H7N3O/c1-27(2,3)36-26(35)30-13-12-29-25(34)32-22-6-4-5-20(15-22)23-17-31-24-16-19(11-14-33(23)24)18-7-9-21(28)10-8-18;12-8(7-1-2-9-5-7)11-4-3-10-6-11/h4-11,14-17H,12-13H2,1-3H3,(H,30,35)(H2,29,32,34);1-7H. The highest BCUT2D eigenvalue weighted by atomic mass is 19.1. The predicted octanol–water partition coefficient (Wildman–Crippen LogP) is 6.19. The largest absolute Gasteiger partial charge is 0.444 e. The zero-order chi connectivity index (χ0) is 34.1. The van der Waals surface area contributed by atoms with Crippen LogP contribution >= 0.6 is 0 Å². The van der Waals surface area contributed by atoms with Crippen LogP contribution in [0.1, 0.15) is 25.6 Å². The van der Waals surface area contributed by atoms with Gasteiger partial charge in [-0.05, 0) is 74.4 Å². The number of carbonyl (C=O) groups excluding carboxylic acids is 3. The number of aliphatic imine (C=N–C) groups is 1. The van der Waals surface area contributed by atoms with Crippen LogP contribution in [0.2, 0.25) is 0 Å². The number of nitrogens with one attached hydrogen (secondary N) is 3. The van der Waals surface area contributed by atoms with Crippen molar-refractivity contribution >= 4 is 35.6 Å². The van der Waals surface area contributed by atoms with Crippen molar-refractivity contribution in [2.75, 3.05) is 18.4 Å². The first kappa shape index (κ1) is 33.3. The minimum absolute atomic E-state index is 0.0231. The van der Waals surface area contributed by atoms with Crippen LogP contribution in [0.15, 0.2) is 109 Å². The first-order chi connectivity index (χ1) is 23.1. The monoisotopic (exact) mass is 650 g/mol. The quantitative estimate of drug-likeness (QED) is 0.179. The van der Waals surface area contributed by atoms with Gasteiger partial charge in [0, 0.05) is 55.3 Å². The Morgan fingerprint density at radius 1 is 0.938 bits per heavy atom. The van der Waals surface area contributed by atoms with Crippen molar-refractivity contribution in [3.63, 3.8) is 0 Å². The molecule has 48 heavy (non-hydrogen) atoms. The van der Waals surface area contributed by atoms with Crippen LogP contribution in [-0.2, 0) is 4.74 Å². The lowest BCUT2D eigenvalue weighted by Gasteiger charge is -2.19. The molecule has 3 aromatic heterocycles. The molecule has 1 aliphatic rings. The minimum atomic E-state index is -0.578. The Kier molecular flexibility index (Phi) is 10.4. The first-order valence-electron chi connectivity index (χ1n) is 15.1. The molecule has 1 unspecified atom stereocenters. The third-order valence-electron chi connectivity index (χ3n) is 6.86. The molecule has 2 aromatic carbocycles. The van der Waals surface area contributed by atoms with Crippen molar-refractivity contribution in [1.29, 1.82) is 0 Å². The summed E-state index contributed by atoms with van der Waals surface area (Å²) in [5.74, 6) is -0.522. The predicted molar refractivity (Wildman–Crippen MR) is 181 cm³/mol. The molecule has 12 nitrogen and oxygen atoms in total. The Labute approximate surface area is 276 Å². The van der Waals surface area contributed by atoms with E-state index in [1.54, 1.807) is 76.1 Å². The Bertz CT molecular complexity index is 1930. The molecule has 3 amide bonds. The Morgan fingerprint density at radius 2 is 1.73 bits per heavy atom. The molecular formula is C35H35FN8O4. The van der Waals surface area contributed by atoms with Gasteiger partial charge < -0.3 is 20.7 Å². The Morgan fingerprint density at radius 3 is 2.44 bits per heavy atom. The van der Waals surface area contributed by atoms with Crippen LogP contribution in [0.5, 0.6) is 0 Å². The van der Waals surface area contributed by atoms with Gasteiger partial charge in [0.15, 0.2) is 0 Å². The average Bonchev–Trinajstić information content (AvgIpc) is 3.85. The van der Waals surface area contributed by atoms with E-state index in [2.05, 4.69) is 30.9 Å². The number of halogens is 1. The molecule has 1 atom stereocenters. The molecule has 1 aliphatic heterocycles. The lowest BCUT2D eigenvalue weighted by Crippen LogP contribution is -2.39. The number of imidazole rings is 2. The maximum atomic E-state index is 13.2. The van der Waals surface area contributed by atoms with Gasteiger partial charge in [-0.15, -0.1) is 0 Å². The van der Waals surface area contributed by atoms with Gasteiger partial charge >= 0.3 is 12.1 Å². The summed E-state index contributed by atoms with van der Waals surface area (Å²) in [7, 11) is 0. The molecule has 5 aromatic rings. The number of hydrogen-bond acceptors (Lipinski definition) is 7. The molecule has 0 aliphatic carbocycles. The second-order valence-corrected chi connectivity index (χ2v) is 11.7. The normalized spacial score (nSPS) is 13.5. The SMILES string of the molecule is CC(C)(C)OC(=O)NCCNC(=O)Nc1cccc(-c2cnc3cc(-c4ccc(F)cc4)ccn23)c1.O=C(C1C=CN=C1)n1ccnc1. The number of urea groups is 1. The van der Waals surface area contributed by atoms with Crippen molar-refractivity contribution in [3.05, 3.63) is 110 Å². The summed E-state index contributed by atoms with van der Waals surface area (Å²) < 4.78 is 21.8. The smallest absolute Gasteiger partial charge is 0.407 e. The number of benzene rings is 2. The number of alkyl carbamates (subject to hydrolysis) is 1. The number of pyridine rings is 1. The molecule has 246 valence electrons. The molecule has 0 radical (unpaired) electrons. The molecule has 0 fully saturated rings. The van der Waals surface area contributed by atoms with Crippen molar-refractivity contribution in [2.45, 2.75) is 26.4 Å². The molecule has 0 bridgehead atoms. The summed E-state index contributed by atoms with van der Waals surface area (Å²) in [6.45, 7) is 5.83. The van der Waals surface area contributed by atoms with Gasteiger partial charge in [-0.2, -0.15) is 0 Å². The van der Waals surface area contributed by atoms with Crippen LogP contribution in [0.25, 0.3) is 28.0 Å². The summed E-state index contributed by atoms with van der Waals surface area (Å²) in [5.41, 5.74) is 4.37. The van der Waals surface area contributed by atoms with Gasteiger partial charge in [0.05, 0.1) is 17.8 Å². The number of anilines is 1. The number of rotatable bonds is 7. The molecule has 0 spiro atoms. The molecular weight excluding hydrogens is 615 g/mol. The van der Waals surface area contributed by atoms with Crippen LogP contribution in [0.4, 0.5) is 19.7 Å². The third-order valence-corrected chi connectivity index (χ3v) is 6.86. The second kappa shape index (κ2) is 15.0. The molecule has 3 N–H and O–H groups in total. The van der Waals surface area contributed by atoms with Gasteiger partial charge in [0.1, 0.15) is 23.4 Å². The second-order valence-electron chi connectivity index (χ2n) is 11.7. The van der Waals surface area contributed by atoms with E-state index in [0.717, 1.165) is 28.0 Å². The molecule has 4 heterocycles. The first-order valence-corrected chi connectivity index (χ1v) is 15.1. The highest BCUT2D eigenvalue weighted by Crippen LogP contribution is 2.27. The fraction of sp³-hybridized carbons (Fsp3) is 0.200.